The van der Waals surface area contributed by atoms with E-state index in [9.17, 15) is 17.2 Å². The molecule has 0 bridgehead atoms. The lowest BCUT2D eigenvalue weighted by Crippen LogP contribution is -2.20. The number of alkyl halides is 2. The number of halogens is 2. The van der Waals surface area contributed by atoms with Crippen molar-refractivity contribution in [1.82, 2.24) is 10.2 Å². The van der Waals surface area contributed by atoms with Gasteiger partial charge in [0.05, 0.1) is 0 Å². The highest BCUT2D eigenvalue weighted by molar-refractivity contribution is 7.92. The van der Waals surface area contributed by atoms with Gasteiger partial charge in [0.25, 0.3) is 10.0 Å². The van der Waals surface area contributed by atoms with E-state index < -0.39 is 15.8 Å². The quantitative estimate of drug-likeness (QED) is 0.860. The van der Waals surface area contributed by atoms with Gasteiger partial charge in [-0.2, -0.15) is 13.9 Å². The Morgan fingerprint density at radius 2 is 2.00 bits per heavy atom. The van der Waals surface area contributed by atoms with Gasteiger partial charge in [-0.05, 0) is 0 Å². The van der Waals surface area contributed by atoms with Crippen LogP contribution in [0.15, 0.2) is 6.07 Å². The van der Waals surface area contributed by atoms with E-state index in [-0.39, 0.29) is 11.2 Å². The number of sulfonamides is 1. The topological polar surface area (TPSA) is 74.8 Å². The smallest absolute Gasteiger partial charge is 0.280 e. The molecular weight excluding hydrogens is 240 g/mol. The summed E-state index contributed by atoms with van der Waals surface area (Å²) in [6.45, 7) is 5.64. The monoisotopic (exact) mass is 253 g/mol. The van der Waals surface area contributed by atoms with Crippen molar-refractivity contribution in [1.29, 1.82) is 0 Å². The van der Waals surface area contributed by atoms with Crippen molar-refractivity contribution in [3.05, 3.63) is 11.8 Å². The van der Waals surface area contributed by atoms with Crippen molar-refractivity contribution in [2.45, 2.75) is 31.9 Å². The molecule has 0 aromatic carbocycles. The number of hydrogen-bond acceptors (Lipinski definition) is 3. The van der Waals surface area contributed by atoms with Crippen molar-refractivity contribution in [2.24, 2.45) is 0 Å². The second-order valence-corrected chi connectivity index (χ2v) is 5.98. The molecule has 1 rings (SSSR count). The Balaban J connectivity index is 2.90. The molecule has 0 aliphatic rings. The summed E-state index contributed by atoms with van der Waals surface area (Å²) < 4.78 is 47.5. The van der Waals surface area contributed by atoms with E-state index in [0.29, 0.717) is 5.69 Å². The van der Waals surface area contributed by atoms with Crippen LogP contribution >= 0.6 is 0 Å². The molecule has 0 spiro atoms. The largest absolute Gasteiger partial charge is 0.355 e. The summed E-state index contributed by atoms with van der Waals surface area (Å²) in [5.41, 5.74) is 0.390. The lowest BCUT2D eigenvalue weighted by molar-refractivity contribution is 0.236. The van der Waals surface area contributed by atoms with Crippen LogP contribution in [0.3, 0.4) is 0 Å². The molecule has 0 aliphatic carbocycles. The zero-order valence-electron chi connectivity index (χ0n) is 9.08. The first-order valence-electron chi connectivity index (χ1n) is 4.48. The van der Waals surface area contributed by atoms with Crippen LogP contribution in [0, 0.1) is 0 Å². The SMILES string of the molecule is CC(C)(C)c1cc(NS(=O)(=O)C(F)F)n[nH]1. The molecule has 0 saturated carbocycles. The molecule has 92 valence electrons. The molecule has 0 atom stereocenters. The van der Waals surface area contributed by atoms with Gasteiger partial charge in [-0.25, -0.2) is 8.42 Å². The highest BCUT2D eigenvalue weighted by Crippen LogP contribution is 2.22. The molecule has 0 radical (unpaired) electrons. The summed E-state index contributed by atoms with van der Waals surface area (Å²) in [4.78, 5) is 0. The van der Waals surface area contributed by atoms with Crippen molar-refractivity contribution in [2.75, 3.05) is 4.72 Å². The van der Waals surface area contributed by atoms with Crippen LogP contribution in [-0.2, 0) is 15.4 Å². The van der Waals surface area contributed by atoms with Crippen LogP contribution in [0.2, 0.25) is 0 Å². The summed E-state index contributed by atoms with van der Waals surface area (Å²) >= 11 is 0. The van der Waals surface area contributed by atoms with Gasteiger partial charge in [-0.3, -0.25) is 9.82 Å². The molecule has 1 heterocycles. The van der Waals surface area contributed by atoms with E-state index in [1.807, 2.05) is 20.8 Å². The van der Waals surface area contributed by atoms with E-state index in [1.54, 1.807) is 4.72 Å². The normalized spacial score (nSPS) is 13.1. The van der Waals surface area contributed by atoms with Crippen LogP contribution < -0.4 is 4.72 Å². The molecule has 0 saturated heterocycles. The first-order valence-corrected chi connectivity index (χ1v) is 6.03. The van der Waals surface area contributed by atoms with E-state index in [0.717, 1.165) is 0 Å². The molecule has 0 unspecified atom stereocenters. The van der Waals surface area contributed by atoms with Gasteiger partial charge in [0.2, 0.25) is 0 Å². The van der Waals surface area contributed by atoms with E-state index in [1.165, 1.54) is 6.07 Å². The Kier molecular flexibility index (Phi) is 3.22. The summed E-state index contributed by atoms with van der Waals surface area (Å²) in [7, 11) is -4.65. The number of H-pyrrole nitrogens is 1. The van der Waals surface area contributed by atoms with Crippen LogP contribution in [0.5, 0.6) is 0 Å². The fraction of sp³-hybridized carbons (Fsp3) is 0.625. The lowest BCUT2D eigenvalue weighted by atomic mass is 9.92. The first-order chi connectivity index (χ1) is 7.13. The van der Waals surface area contributed by atoms with Crippen LogP contribution in [0.25, 0.3) is 0 Å². The molecule has 2 N–H and O–H groups in total. The van der Waals surface area contributed by atoms with Gasteiger partial charge >= 0.3 is 5.76 Å². The fourth-order valence-corrected chi connectivity index (χ4v) is 1.43. The van der Waals surface area contributed by atoms with Gasteiger partial charge in [-0.1, -0.05) is 20.8 Å². The Morgan fingerprint density at radius 1 is 1.44 bits per heavy atom. The summed E-state index contributed by atoms with van der Waals surface area (Å²) in [6, 6.07) is 1.39. The van der Waals surface area contributed by atoms with Gasteiger partial charge < -0.3 is 0 Å². The molecule has 8 heteroatoms. The van der Waals surface area contributed by atoms with Crippen LogP contribution in [-0.4, -0.2) is 24.4 Å². The van der Waals surface area contributed by atoms with E-state index in [2.05, 4.69) is 10.2 Å². The summed E-state index contributed by atoms with van der Waals surface area (Å²) in [5.74, 6) is -3.60. The van der Waals surface area contributed by atoms with Crippen LogP contribution in [0.4, 0.5) is 14.6 Å². The highest BCUT2D eigenvalue weighted by atomic mass is 32.2. The minimum atomic E-state index is -4.65. The predicted molar refractivity (Wildman–Crippen MR) is 55.8 cm³/mol. The third-order valence-electron chi connectivity index (χ3n) is 1.87. The van der Waals surface area contributed by atoms with E-state index >= 15 is 0 Å². The summed E-state index contributed by atoms with van der Waals surface area (Å²) in [6.07, 6.45) is 0. The standard InChI is InChI=1S/C8H13F2N3O2S/c1-8(2,3)5-4-6(12-11-5)13-16(14,15)7(9)10/h4,7H,1-3H3,(H2,11,12,13). The van der Waals surface area contributed by atoms with Gasteiger partial charge in [0.15, 0.2) is 5.82 Å². The second-order valence-electron chi connectivity index (χ2n) is 4.32. The Hall–Kier alpha value is -1.18. The van der Waals surface area contributed by atoms with E-state index in [4.69, 9.17) is 0 Å². The molecule has 0 amide bonds. The van der Waals surface area contributed by atoms with Gasteiger partial charge in [0.1, 0.15) is 0 Å². The predicted octanol–water partition coefficient (Wildman–Crippen LogP) is 1.67. The maximum Gasteiger partial charge on any atom is 0.355 e. The number of hydrogen-bond donors (Lipinski definition) is 2. The minimum Gasteiger partial charge on any atom is -0.280 e. The lowest BCUT2D eigenvalue weighted by Gasteiger charge is -2.14. The molecule has 1 aromatic rings. The maximum atomic E-state index is 12.1. The minimum absolute atomic E-state index is 0.134. The molecule has 1 aromatic heterocycles. The maximum absolute atomic E-state index is 12.1. The third-order valence-corrected chi connectivity index (χ3v) is 2.83. The third kappa shape index (κ3) is 2.91. The van der Waals surface area contributed by atoms with Gasteiger partial charge in [-0.15, -0.1) is 0 Å². The Labute approximate surface area is 92.3 Å². The highest BCUT2D eigenvalue weighted by Gasteiger charge is 2.25. The van der Waals surface area contributed by atoms with Crippen molar-refractivity contribution in [3.63, 3.8) is 0 Å². The average Bonchev–Trinajstić information content (AvgIpc) is 2.50. The molecule has 16 heavy (non-hydrogen) atoms. The number of nitrogens with one attached hydrogen (secondary N) is 2. The zero-order chi connectivity index (χ0) is 12.6. The van der Waals surface area contributed by atoms with Crippen molar-refractivity contribution >= 4 is 15.8 Å². The van der Waals surface area contributed by atoms with Crippen molar-refractivity contribution in [3.8, 4) is 0 Å². The Morgan fingerprint density at radius 3 is 2.38 bits per heavy atom. The Bertz CT molecular complexity index is 462. The summed E-state index contributed by atoms with van der Waals surface area (Å²) in [5, 5.41) is 6.19. The number of anilines is 1. The number of nitrogens with zero attached hydrogens (tertiary/aromatic N) is 1. The number of aromatic amines is 1. The number of rotatable bonds is 3. The van der Waals surface area contributed by atoms with Crippen LogP contribution in [0.1, 0.15) is 26.5 Å². The zero-order valence-corrected chi connectivity index (χ0v) is 9.90. The van der Waals surface area contributed by atoms with Gasteiger partial charge in [0, 0.05) is 17.2 Å². The second kappa shape index (κ2) is 4.00. The molecule has 5 nitrogen and oxygen atoms in total. The molecule has 0 fully saturated rings. The average molecular weight is 253 g/mol. The number of aromatic nitrogens is 2. The molecular formula is C8H13F2N3O2S. The fourth-order valence-electron chi connectivity index (χ4n) is 0.949. The van der Waals surface area contributed by atoms with Crippen molar-refractivity contribution < 1.29 is 17.2 Å². The first kappa shape index (κ1) is 12.9. The molecule has 0 aliphatic heterocycles.